The molecule has 0 radical (unpaired) electrons. The molecule has 0 bridgehead atoms. The molecule has 0 spiro atoms. The minimum absolute atomic E-state index is 0.0448. The topological polar surface area (TPSA) is 32.3 Å². The van der Waals surface area contributed by atoms with Crippen molar-refractivity contribution in [2.24, 2.45) is 11.8 Å². The van der Waals surface area contributed by atoms with Crippen molar-refractivity contribution in [1.29, 1.82) is 0 Å². The van der Waals surface area contributed by atoms with Gasteiger partial charge in [0.1, 0.15) is 6.17 Å². The van der Waals surface area contributed by atoms with E-state index in [1.165, 1.54) is 24.8 Å². The first-order valence-corrected chi connectivity index (χ1v) is 8.28. The van der Waals surface area contributed by atoms with E-state index in [4.69, 9.17) is 0 Å². The zero-order chi connectivity index (χ0) is 14.8. The van der Waals surface area contributed by atoms with Gasteiger partial charge in [0.05, 0.1) is 6.04 Å². The van der Waals surface area contributed by atoms with Crippen LogP contribution in [0.15, 0.2) is 30.3 Å². The average molecular weight is 286 g/mol. The molecule has 2 unspecified atom stereocenters. The summed E-state index contributed by atoms with van der Waals surface area (Å²) in [7, 11) is 0. The van der Waals surface area contributed by atoms with Gasteiger partial charge < -0.3 is 4.90 Å². The van der Waals surface area contributed by atoms with Gasteiger partial charge in [0.2, 0.25) is 5.91 Å². The van der Waals surface area contributed by atoms with E-state index in [1.807, 2.05) is 18.2 Å². The van der Waals surface area contributed by atoms with Crippen molar-refractivity contribution in [2.75, 3.05) is 6.54 Å². The van der Waals surface area contributed by atoms with Gasteiger partial charge in [-0.3, -0.25) is 10.1 Å². The van der Waals surface area contributed by atoms with E-state index in [9.17, 15) is 4.79 Å². The molecule has 1 heterocycles. The lowest BCUT2D eigenvalue weighted by molar-refractivity contribution is -0.131. The Morgan fingerprint density at radius 1 is 1.24 bits per heavy atom. The second-order valence-corrected chi connectivity index (χ2v) is 6.82. The summed E-state index contributed by atoms with van der Waals surface area (Å²) < 4.78 is 0. The molecule has 3 heteroatoms. The van der Waals surface area contributed by atoms with Gasteiger partial charge in [-0.25, -0.2) is 0 Å². The lowest BCUT2D eigenvalue weighted by Crippen LogP contribution is -2.35. The van der Waals surface area contributed by atoms with E-state index in [-0.39, 0.29) is 18.1 Å². The standard InChI is InChI=1S/C18H26N2O/c1-13(2)16-18(21)20(12-11-14-7-6-8-14)17(19-16)15-9-4-3-5-10-15/h3-5,9-10,13-14,16-17,19H,6-8,11-12H2,1-2H3. The summed E-state index contributed by atoms with van der Waals surface area (Å²) >= 11 is 0. The summed E-state index contributed by atoms with van der Waals surface area (Å²) in [4.78, 5) is 14.8. The molecule has 1 saturated heterocycles. The number of hydrogen-bond donors (Lipinski definition) is 1. The van der Waals surface area contributed by atoms with E-state index < -0.39 is 0 Å². The fourth-order valence-electron chi connectivity index (χ4n) is 3.37. The van der Waals surface area contributed by atoms with Gasteiger partial charge in [-0.15, -0.1) is 0 Å². The van der Waals surface area contributed by atoms with Crippen molar-refractivity contribution < 1.29 is 4.79 Å². The molecule has 2 atom stereocenters. The monoisotopic (exact) mass is 286 g/mol. The predicted octanol–water partition coefficient (Wildman–Crippen LogP) is 3.33. The normalized spacial score (nSPS) is 26.4. The largest absolute Gasteiger partial charge is 0.322 e. The highest BCUT2D eigenvalue weighted by Crippen LogP contribution is 2.33. The van der Waals surface area contributed by atoms with Crippen LogP contribution in [0.5, 0.6) is 0 Å². The Labute approximate surface area is 127 Å². The van der Waals surface area contributed by atoms with Crippen molar-refractivity contribution in [3.8, 4) is 0 Å². The Kier molecular flexibility index (Phi) is 4.29. The minimum atomic E-state index is -0.0448. The number of carbonyl (C=O) groups excluding carboxylic acids is 1. The lowest BCUT2D eigenvalue weighted by Gasteiger charge is -2.30. The summed E-state index contributed by atoms with van der Waals surface area (Å²) in [5.41, 5.74) is 1.20. The molecule has 1 aliphatic heterocycles. The second kappa shape index (κ2) is 6.18. The van der Waals surface area contributed by atoms with Crippen LogP contribution in [0.3, 0.4) is 0 Å². The summed E-state index contributed by atoms with van der Waals surface area (Å²) in [6.45, 7) is 5.12. The number of amides is 1. The Morgan fingerprint density at radius 2 is 1.95 bits per heavy atom. The van der Waals surface area contributed by atoms with E-state index >= 15 is 0 Å². The highest BCUT2D eigenvalue weighted by atomic mass is 16.2. The highest BCUT2D eigenvalue weighted by molar-refractivity contribution is 5.84. The Morgan fingerprint density at radius 3 is 2.52 bits per heavy atom. The van der Waals surface area contributed by atoms with E-state index in [2.05, 4.69) is 36.2 Å². The molecular formula is C18H26N2O. The highest BCUT2D eigenvalue weighted by Gasteiger charge is 2.40. The van der Waals surface area contributed by atoms with Crippen LogP contribution in [0, 0.1) is 11.8 Å². The maximum absolute atomic E-state index is 12.7. The van der Waals surface area contributed by atoms with Crippen LogP contribution in [-0.4, -0.2) is 23.4 Å². The molecule has 2 aliphatic rings. The zero-order valence-corrected chi connectivity index (χ0v) is 13.1. The van der Waals surface area contributed by atoms with E-state index in [0.29, 0.717) is 5.92 Å². The van der Waals surface area contributed by atoms with Gasteiger partial charge in [-0.1, -0.05) is 63.4 Å². The van der Waals surface area contributed by atoms with Crippen molar-refractivity contribution in [3.05, 3.63) is 35.9 Å². The Balaban J connectivity index is 1.75. The molecule has 3 rings (SSSR count). The summed E-state index contributed by atoms with van der Waals surface area (Å²) in [5, 5.41) is 3.54. The third-order valence-corrected chi connectivity index (χ3v) is 4.98. The number of benzene rings is 1. The summed E-state index contributed by atoms with van der Waals surface area (Å²) in [6, 6.07) is 10.3. The fraction of sp³-hybridized carbons (Fsp3) is 0.611. The first-order chi connectivity index (χ1) is 10.2. The summed E-state index contributed by atoms with van der Waals surface area (Å²) in [6.07, 6.45) is 5.26. The van der Waals surface area contributed by atoms with Crippen LogP contribution in [0.2, 0.25) is 0 Å². The van der Waals surface area contributed by atoms with Crippen LogP contribution in [0.1, 0.15) is 51.3 Å². The third kappa shape index (κ3) is 2.98. The van der Waals surface area contributed by atoms with E-state index in [0.717, 1.165) is 18.9 Å². The molecule has 1 aromatic rings. The number of nitrogens with zero attached hydrogens (tertiary/aromatic N) is 1. The maximum atomic E-state index is 12.7. The van der Waals surface area contributed by atoms with Crippen molar-refractivity contribution in [2.45, 2.75) is 51.7 Å². The molecule has 2 fully saturated rings. The molecular weight excluding hydrogens is 260 g/mol. The first kappa shape index (κ1) is 14.6. The number of hydrogen-bond acceptors (Lipinski definition) is 2. The van der Waals surface area contributed by atoms with Crippen LogP contribution >= 0.6 is 0 Å². The lowest BCUT2D eigenvalue weighted by atomic mass is 9.83. The fourth-order valence-corrected chi connectivity index (χ4v) is 3.37. The van der Waals surface area contributed by atoms with Gasteiger partial charge in [-0.05, 0) is 23.8 Å². The van der Waals surface area contributed by atoms with Crippen LogP contribution in [-0.2, 0) is 4.79 Å². The molecule has 0 aromatic heterocycles. The van der Waals surface area contributed by atoms with Crippen molar-refractivity contribution in [1.82, 2.24) is 10.2 Å². The molecule has 114 valence electrons. The van der Waals surface area contributed by atoms with Crippen molar-refractivity contribution >= 4 is 5.91 Å². The number of nitrogens with one attached hydrogen (secondary N) is 1. The molecule has 1 aromatic carbocycles. The second-order valence-electron chi connectivity index (χ2n) is 6.82. The minimum Gasteiger partial charge on any atom is -0.322 e. The van der Waals surface area contributed by atoms with Crippen LogP contribution in [0.25, 0.3) is 0 Å². The Bertz CT molecular complexity index is 481. The molecule has 1 amide bonds. The van der Waals surface area contributed by atoms with Gasteiger partial charge in [-0.2, -0.15) is 0 Å². The van der Waals surface area contributed by atoms with Crippen LogP contribution < -0.4 is 5.32 Å². The Hall–Kier alpha value is -1.35. The smallest absolute Gasteiger partial charge is 0.241 e. The van der Waals surface area contributed by atoms with Gasteiger partial charge in [0.15, 0.2) is 0 Å². The van der Waals surface area contributed by atoms with Gasteiger partial charge in [0.25, 0.3) is 0 Å². The quantitative estimate of drug-likeness (QED) is 0.900. The third-order valence-electron chi connectivity index (χ3n) is 4.98. The average Bonchev–Trinajstić information content (AvgIpc) is 2.76. The SMILES string of the molecule is CC(C)C1NC(c2ccccc2)N(CCC2CCC2)C1=O. The van der Waals surface area contributed by atoms with Gasteiger partial charge in [0, 0.05) is 6.54 Å². The first-order valence-electron chi connectivity index (χ1n) is 8.28. The molecule has 3 nitrogen and oxygen atoms in total. The zero-order valence-electron chi connectivity index (χ0n) is 13.1. The predicted molar refractivity (Wildman–Crippen MR) is 84.6 cm³/mol. The molecule has 1 aliphatic carbocycles. The number of carbonyl (C=O) groups is 1. The van der Waals surface area contributed by atoms with Crippen molar-refractivity contribution in [3.63, 3.8) is 0 Å². The summed E-state index contributed by atoms with van der Waals surface area (Å²) in [5.74, 6) is 1.45. The van der Waals surface area contributed by atoms with E-state index in [1.54, 1.807) is 0 Å². The molecule has 1 saturated carbocycles. The van der Waals surface area contributed by atoms with Crippen LogP contribution in [0.4, 0.5) is 0 Å². The maximum Gasteiger partial charge on any atom is 0.241 e. The van der Waals surface area contributed by atoms with Gasteiger partial charge >= 0.3 is 0 Å². The molecule has 1 N–H and O–H groups in total. The number of rotatable bonds is 5. The molecule has 21 heavy (non-hydrogen) atoms.